The van der Waals surface area contributed by atoms with E-state index in [4.69, 9.17) is 4.74 Å². The van der Waals surface area contributed by atoms with Gasteiger partial charge in [-0.1, -0.05) is 34.1 Å². The number of carbonyl (C=O) groups is 1. The van der Waals surface area contributed by atoms with Crippen molar-refractivity contribution in [2.75, 3.05) is 0 Å². The molecule has 16 heavy (non-hydrogen) atoms. The Labute approximate surface area is 100 Å². The molecule has 0 heterocycles. The van der Waals surface area contributed by atoms with Crippen LogP contribution < -0.4 is 0 Å². The number of rotatable bonds is 5. The fraction of sp³-hybridized carbons (Fsp3) is 0.786. The summed E-state index contributed by atoms with van der Waals surface area (Å²) in [6.07, 6.45) is 5.63. The third-order valence-corrected chi connectivity index (χ3v) is 2.41. The van der Waals surface area contributed by atoms with Crippen LogP contribution in [0.5, 0.6) is 0 Å². The van der Waals surface area contributed by atoms with Gasteiger partial charge in [0.1, 0.15) is 5.76 Å². The Kier molecular flexibility index (Phi) is 6.39. The minimum atomic E-state index is -0.240. The van der Waals surface area contributed by atoms with Gasteiger partial charge in [0.2, 0.25) is 0 Å². The minimum Gasteiger partial charge on any atom is -0.432 e. The first-order chi connectivity index (χ1) is 7.20. The van der Waals surface area contributed by atoms with Gasteiger partial charge >= 0.3 is 5.97 Å². The van der Waals surface area contributed by atoms with Crippen molar-refractivity contribution in [3.05, 3.63) is 11.8 Å². The monoisotopic (exact) mass is 226 g/mol. The molecule has 0 aromatic rings. The van der Waals surface area contributed by atoms with Crippen LogP contribution in [0.1, 0.15) is 60.8 Å². The Morgan fingerprint density at radius 2 is 1.88 bits per heavy atom. The van der Waals surface area contributed by atoms with Gasteiger partial charge in [-0.05, 0) is 37.2 Å². The zero-order chi connectivity index (χ0) is 12.8. The summed E-state index contributed by atoms with van der Waals surface area (Å²) >= 11 is 0. The second-order valence-corrected chi connectivity index (χ2v) is 5.80. The zero-order valence-electron chi connectivity index (χ0n) is 11.6. The van der Waals surface area contributed by atoms with Crippen LogP contribution in [0.3, 0.4) is 0 Å². The van der Waals surface area contributed by atoms with E-state index in [0.29, 0.717) is 11.3 Å². The number of esters is 1. The van der Waals surface area contributed by atoms with E-state index in [9.17, 15) is 4.79 Å². The van der Waals surface area contributed by atoms with Gasteiger partial charge in [-0.25, -0.2) is 0 Å². The van der Waals surface area contributed by atoms with E-state index in [-0.39, 0.29) is 5.97 Å². The molecule has 0 saturated heterocycles. The molecule has 0 saturated carbocycles. The predicted molar refractivity (Wildman–Crippen MR) is 68.0 cm³/mol. The molecule has 0 aromatic heterocycles. The van der Waals surface area contributed by atoms with Crippen molar-refractivity contribution in [3.63, 3.8) is 0 Å². The smallest absolute Gasteiger partial charge is 0.307 e. The number of carbonyl (C=O) groups excluding carboxylic acids is 1. The maximum Gasteiger partial charge on any atom is 0.307 e. The van der Waals surface area contributed by atoms with Crippen LogP contribution in [0.4, 0.5) is 0 Å². The zero-order valence-corrected chi connectivity index (χ0v) is 11.6. The quantitative estimate of drug-likeness (QED) is 0.516. The van der Waals surface area contributed by atoms with Gasteiger partial charge in [0.15, 0.2) is 0 Å². The van der Waals surface area contributed by atoms with E-state index in [1.54, 1.807) is 0 Å². The standard InChI is InChI=1S/C14H26O2/c1-11(8-7-9-14(4,5)6)10-12(2)16-13(3)15/h10-11H,7-9H2,1-6H3/b12-10+/t11-/m0/s1. The number of ether oxygens (including phenoxy) is 1. The first kappa shape index (κ1) is 15.2. The molecule has 0 aliphatic heterocycles. The van der Waals surface area contributed by atoms with Crippen LogP contribution in [0.15, 0.2) is 11.8 Å². The Bertz CT molecular complexity index is 246. The van der Waals surface area contributed by atoms with Gasteiger partial charge in [-0.15, -0.1) is 0 Å². The summed E-state index contributed by atoms with van der Waals surface area (Å²) in [4.78, 5) is 10.7. The van der Waals surface area contributed by atoms with Crippen molar-refractivity contribution in [1.29, 1.82) is 0 Å². The number of hydrogen-bond acceptors (Lipinski definition) is 2. The summed E-state index contributed by atoms with van der Waals surface area (Å²) in [5.74, 6) is 0.952. The molecule has 0 fully saturated rings. The average molecular weight is 226 g/mol. The summed E-state index contributed by atoms with van der Waals surface area (Å²) in [5, 5.41) is 0. The highest BCUT2D eigenvalue weighted by atomic mass is 16.5. The molecule has 0 unspecified atom stereocenters. The van der Waals surface area contributed by atoms with Gasteiger partial charge in [-0.2, -0.15) is 0 Å². The molecule has 1 atom stereocenters. The van der Waals surface area contributed by atoms with E-state index in [1.807, 2.05) is 13.0 Å². The van der Waals surface area contributed by atoms with E-state index >= 15 is 0 Å². The average Bonchev–Trinajstić information content (AvgIpc) is 1.98. The molecular weight excluding hydrogens is 200 g/mol. The van der Waals surface area contributed by atoms with Crippen LogP contribution in [0, 0.1) is 11.3 Å². The molecule has 0 bridgehead atoms. The third kappa shape index (κ3) is 9.75. The van der Waals surface area contributed by atoms with Crippen LogP contribution in [-0.2, 0) is 9.53 Å². The highest BCUT2D eigenvalue weighted by molar-refractivity contribution is 5.67. The van der Waals surface area contributed by atoms with Crippen molar-refractivity contribution in [1.82, 2.24) is 0 Å². The largest absolute Gasteiger partial charge is 0.432 e. The molecule has 0 aromatic carbocycles. The van der Waals surface area contributed by atoms with E-state index in [2.05, 4.69) is 27.7 Å². The fourth-order valence-corrected chi connectivity index (χ4v) is 1.70. The van der Waals surface area contributed by atoms with Gasteiger partial charge in [-0.3, -0.25) is 4.79 Å². The first-order valence-electron chi connectivity index (χ1n) is 6.07. The maximum absolute atomic E-state index is 10.7. The Morgan fingerprint density at radius 1 is 1.31 bits per heavy atom. The topological polar surface area (TPSA) is 26.3 Å². The van der Waals surface area contributed by atoms with Gasteiger partial charge in [0, 0.05) is 6.92 Å². The highest BCUT2D eigenvalue weighted by Crippen LogP contribution is 2.23. The lowest BCUT2D eigenvalue weighted by Crippen LogP contribution is -2.05. The molecule has 0 rings (SSSR count). The molecular formula is C14H26O2. The van der Waals surface area contributed by atoms with Crippen molar-refractivity contribution in [3.8, 4) is 0 Å². The highest BCUT2D eigenvalue weighted by Gasteiger charge is 2.10. The fourth-order valence-electron chi connectivity index (χ4n) is 1.70. The van der Waals surface area contributed by atoms with E-state index in [0.717, 1.165) is 12.2 Å². The van der Waals surface area contributed by atoms with Crippen molar-refractivity contribution >= 4 is 5.97 Å². The lowest BCUT2D eigenvalue weighted by atomic mass is 9.88. The summed E-state index contributed by atoms with van der Waals surface area (Å²) in [5.41, 5.74) is 0.411. The Balaban J connectivity index is 3.89. The van der Waals surface area contributed by atoms with Crippen molar-refractivity contribution in [2.24, 2.45) is 11.3 Å². The summed E-state index contributed by atoms with van der Waals surface area (Å²) in [6, 6.07) is 0. The van der Waals surface area contributed by atoms with E-state index < -0.39 is 0 Å². The molecule has 0 spiro atoms. The normalized spacial score (nSPS) is 14.8. The summed E-state index contributed by atoms with van der Waals surface area (Å²) < 4.78 is 4.99. The van der Waals surface area contributed by atoms with Crippen LogP contribution in [0.25, 0.3) is 0 Å². The van der Waals surface area contributed by atoms with Gasteiger partial charge < -0.3 is 4.74 Å². The maximum atomic E-state index is 10.7. The number of hydrogen-bond donors (Lipinski definition) is 0. The van der Waals surface area contributed by atoms with E-state index in [1.165, 1.54) is 19.8 Å². The lowest BCUT2D eigenvalue weighted by Gasteiger charge is -2.18. The molecule has 0 radical (unpaired) electrons. The number of allylic oxidation sites excluding steroid dienone is 2. The Morgan fingerprint density at radius 3 is 2.31 bits per heavy atom. The van der Waals surface area contributed by atoms with Crippen molar-refractivity contribution in [2.45, 2.75) is 60.8 Å². The van der Waals surface area contributed by atoms with Gasteiger partial charge in [0.25, 0.3) is 0 Å². The summed E-state index contributed by atoms with van der Waals surface area (Å²) in [7, 11) is 0. The molecule has 0 aliphatic carbocycles. The molecule has 2 heteroatoms. The van der Waals surface area contributed by atoms with Crippen LogP contribution >= 0.6 is 0 Å². The van der Waals surface area contributed by atoms with Crippen LogP contribution in [0.2, 0.25) is 0 Å². The third-order valence-electron chi connectivity index (χ3n) is 2.41. The molecule has 2 nitrogen and oxygen atoms in total. The second-order valence-electron chi connectivity index (χ2n) is 5.80. The first-order valence-corrected chi connectivity index (χ1v) is 6.07. The molecule has 0 N–H and O–H groups in total. The second kappa shape index (κ2) is 6.72. The summed E-state index contributed by atoms with van der Waals surface area (Å²) in [6.45, 7) is 12.2. The Hall–Kier alpha value is -0.790. The van der Waals surface area contributed by atoms with Gasteiger partial charge in [0.05, 0.1) is 0 Å². The molecule has 0 aliphatic rings. The molecule has 0 amide bonds. The lowest BCUT2D eigenvalue weighted by molar-refractivity contribution is -0.136. The predicted octanol–water partition coefficient (Wildman–Crippen LogP) is 4.31. The van der Waals surface area contributed by atoms with Crippen molar-refractivity contribution < 1.29 is 9.53 Å². The van der Waals surface area contributed by atoms with Crippen LogP contribution in [-0.4, -0.2) is 5.97 Å². The SMILES string of the molecule is CC(=O)O/C(C)=C/[C@@H](C)CCCC(C)(C)C. The molecule has 94 valence electrons. The minimum absolute atomic E-state index is 0.240.